The van der Waals surface area contributed by atoms with Crippen LogP contribution in [-0.4, -0.2) is 42.1 Å². The van der Waals surface area contributed by atoms with Crippen LogP contribution in [0.3, 0.4) is 0 Å². The van der Waals surface area contributed by atoms with Crippen molar-refractivity contribution in [1.82, 2.24) is 16.0 Å². The molecule has 4 saturated carbocycles. The van der Waals surface area contributed by atoms with E-state index >= 15 is 0 Å². The SMILES string of the molecule is CC(C)NC(=O)Nc1ccccc1C(=O)OCC(=O)NC(=O)NC12CC3CC(CC(C3)C1)C2. The second-order valence-electron chi connectivity index (χ2n) is 10.1. The third-order valence-electron chi connectivity index (χ3n) is 6.82. The molecule has 1 aromatic rings. The van der Waals surface area contributed by atoms with Crippen molar-refractivity contribution < 1.29 is 23.9 Å². The number of nitrogens with one attached hydrogen (secondary N) is 4. The molecular weight excluding hydrogens is 424 g/mol. The molecule has 0 spiro atoms. The summed E-state index contributed by atoms with van der Waals surface area (Å²) in [5.74, 6) is 0.541. The minimum absolute atomic E-state index is 0.0719. The molecule has 0 radical (unpaired) electrons. The van der Waals surface area contributed by atoms with E-state index in [-0.39, 0.29) is 22.8 Å². The van der Waals surface area contributed by atoms with Gasteiger partial charge in [0.1, 0.15) is 0 Å². The van der Waals surface area contributed by atoms with Crippen molar-refractivity contribution in [2.45, 2.75) is 64.0 Å². The zero-order valence-electron chi connectivity index (χ0n) is 19.1. The Labute approximate surface area is 193 Å². The Kier molecular flexibility index (Phi) is 6.58. The highest BCUT2D eigenvalue weighted by molar-refractivity contribution is 6.02. The highest BCUT2D eigenvalue weighted by Gasteiger charge is 2.51. The number of carbonyl (C=O) groups excluding carboxylic acids is 4. The summed E-state index contributed by atoms with van der Waals surface area (Å²) in [6, 6.07) is 5.29. The van der Waals surface area contributed by atoms with E-state index in [1.165, 1.54) is 25.3 Å². The van der Waals surface area contributed by atoms with Crippen LogP contribution in [0.4, 0.5) is 15.3 Å². The number of hydrogen-bond donors (Lipinski definition) is 4. The number of ether oxygens (including phenoxy) is 1. The lowest BCUT2D eigenvalue weighted by molar-refractivity contribution is -0.123. The molecule has 4 bridgehead atoms. The van der Waals surface area contributed by atoms with Crippen molar-refractivity contribution in [3.05, 3.63) is 29.8 Å². The fourth-order valence-electron chi connectivity index (χ4n) is 6.10. The molecule has 0 saturated heterocycles. The van der Waals surface area contributed by atoms with Gasteiger partial charge >= 0.3 is 18.0 Å². The molecule has 33 heavy (non-hydrogen) atoms. The van der Waals surface area contributed by atoms with Crippen LogP contribution in [0.15, 0.2) is 24.3 Å². The lowest BCUT2D eigenvalue weighted by Crippen LogP contribution is -2.62. The zero-order valence-corrected chi connectivity index (χ0v) is 19.1. The molecule has 0 heterocycles. The fourth-order valence-corrected chi connectivity index (χ4v) is 6.10. The average Bonchev–Trinajstić information content (AvgIpc) is 2.70. The van der Waals surface area contributed by atoms with E-state index in [1.54, 1.807) is 18.2 Å². The Morgan fingerprint density at radius 2 is 1.58 bits per heavy atom. The number of benzene rings is 1. The lowest BCUT2D eigenvalue weighted by Gasteiger charge is -2.56. The van der Waals surface area contributed by atoms with Crippen LogP contribution in [0.5, 0.6) is 0 Å². The molecule has 4 aliphatic rings. The molecule has 178 valence electrons. The Morgan fingerprint density at radius 3 is 2.18 bits per heavy atom. The van der Waals surface area contributed by atoms with Gasteiger partial charge in [0.05, 0.1) is 11.3 Å². The molecule has 5 amide bonds. The quantitative estimate of drug-likeness (QED) is 0.489. The van der Waals surface area contributed by atoms with Gasteiger partial charge < -0.3 is 20.7 Å². The fraction of sp³-hybridized carbons (Fsp3) is 0.583. The van der Waals surface area contributed by atoms with Gasteiger partial charge in [0, 0.05) is 11.6 Å². The van der Waals surface area contributed by atoms with Gasteiger partial charge in [-0.15, -0.1) is 0 Å². The van der Waals surface area contributed by atoms with Gasteiger partial charge in [-0.05, 0) is 82.3 Å². The molecule has 0 atom stereocenters. The molecular formula is C24H32N4O5. The molecule has 4 N–H and O–H groups in total. The van der Waals surface area contributed by atoms with E-state index in [0.29, 0.717) is 17.8 Å². The summed E-state index contributed by atoms with van der Waals surface area (Å²) >= 11 is 0. The first-order valence-corrected chi connectivity index (χ1v) is 11.7. The van der Waals surface area contributed by atoms with Crippen LogP contribution < -0.4 is 21.3 Å². The Bertz CT molecular complexity index is 909. The van der Waals surface area contributed by atoms with E-state index in [1.807, 2.05) is 13.8 Å². The average molecular weight is 457 g/mol. The molecule has 0 aromatic heterocycles. The van der Waals surface area contributed by atoms with Gasteiger partial charge in [0.15, 0.2) is 6.61 Å². The highest BCUT2D eigenvalue weighted by Crippen LogP contribution is 2.55. The monoisotopic (exact) mass is 456 g/mol. The molecule has 5 rings (SSSR count). The molecule has 0 aliphatic heterocycles. The number of para-hydroxylation sites is 1. The summed E-state index contributed by atoms with van der Waals surface area (Å²) in [6.07, 6.45) is 6.70. The predicted molar refractivity (Wildman–Crippen MR) is 122 cm³/mol. The zero-order chi connectivity index (χ0) is 23.6. The number of carbonyl (C=O) groups is 4. The lowest BCUT2D eigenvalue weighted by atomic mass is 9.53. The van der Waals surface area contributed by atoms with Crippen molar-refractivity contribution in [3.63, 3.8) is 0 Å². The van der Waals surface area contributed by atoms with Gasteiger partial charge in [-0.3, -0.25) is 10.1 Å². The first-order chi connectivity index (χ1) is 15.7. The number of anilines is 1. The van der Waals surface area contributed by atoms with E-state index in [0.717, 1.165) is 19.3 Å². The number of esters is 1. The van der Waals surface area contributed by atoms with Gasteiger partial charge in [0.25, 0.3) is 5.91 Å². The van der Waals surface area contributed by atoms with E-state index in [2.05, 4.69) is 21.3 Å². The largest absolute Gasteiger partial charge is 0.452 e. The number of rotatable bonds is 6. The van der Waals surface area contributed by atoms with Crippen LogP contribution in [-0.2, 0) is 9.53 Å². The molecule has 0 unspecified atom stereocenters. The van der Waals surface area contributed by atoms with Crippen molar-refractivity contribution in [2.75, 3.05) is 11.9 Å². The standard InChI is InChI=1S/C24H32N4O5/c1-14(2)25-22(31)26-19-6-4-3-5-18(19)21(30)33-13-20(29)27-23(32)28-24-10-15-7-16(11-24)9-17(8-15)12-24/h3-6,14-17H,7-13H2,1-2H3,(H2,25,26,31)(H2,27,28,29,32). The topological polar surface area (TPSA) is 126 Å². The highest BCUT2D eigenvalue weighted by atomic mass is 16.5. The molecule has 9 nitrogen and oxygen atoms in total. The molecule has 4 fully saturated rings. The third-order valence-corrected chi connectivity index (χ3v) is 6.82. The van der Waals surface area contributed by atoms with Gasteiger partial charge in [-0.1, -0.05) is 12.1 Å². The Balaban J connectivity index is 1.27. The van der Waals surface area contributed by atoms with Crippen LogP contribution in [0.2, 0.25) is 0 Å². The summed E-state index contributed by atoms with van der Waals surface area (Å²) in [6.45, 7) is 3.04. The molecule has 4 aliphatic carbocycles. The number of amides is 5. The first-order valence-electron chi connectivity index (χ1n) is 11.7. The van der Waals surface area contributed by atoms with Gasteiger partial charge in [-0.25, -0.2) is 14.4 Å². The van der Waals surface area contributed by atoms with Crippen molar-refractivity contribution in [1.29, 1.82) is 0 Å². The maximum absolute atomic E-state index is 12.5. The van der Waals surface area contributed by atoms with E-state index in [9.17, 15) is 19.2 Å². The summed E-state index contributed by atoms with van der Waals surface area (Å²) in [5.41, 5.74) is 0.166. The predicted octanol–water partition coefficient (Wildman–Crippen LogP) is 3.17. The normalized spacial score (nSPS) is 27.1. The maximum Gasteiger partial charge on any atom is 0.340 e. The summed E-state index contributed by atoms with van der Waals surface area (Å²) in [7, 11) is 0. The summed E-state index contributed by atoms with van der Waals surface area (Å²) in [4.78, 5) is 49.2. The Hall–Kier alpha value is -3.10. The maximum atomic E-state index is 12.5. The number of imide groups is 1. The number of urea groups is 2. The minimum Gasteiger partial charge on any atom is -0.452 e. The molecule has 1 aromatic carbocycles. The van der Waals surface area contributed by atoms with Crippen LogP contribution in [0, 0.1) is 17.8 Å². The van der Waals surface area contributed by atoms with Crippen molar-refractivity contribution >= 4 is 29.6 Å². The number of hydrogen-bond acceptors (Lipinski definition) is 5. The summed E-state index contributed by atoms with van der Waals surface area (Å²) in [5, 5.41) is 10.6. The van der Waals surface area contributed by atoms with Gasteiger partial charge in [-0.2, -0.15) is 0 Å². The van der Waals surface area contributed by atoms with Gasteiger partial charge in [0.2, 0.25) is 0 Å². The van der Waals surface area contributed by atoms with Crippen LogP contribution in [0.25, 0.3) is 0 Å². The molecule has 9 heteroatoms. The second-order valence-corrected chi connectivity index (χ2v) is 10.1. The first kappa shape index (κ1) is 23.1. The van der Waals surface area contributed by atoms with Crippen LogP contribution in [0.1, 0.15) is 62.7 Å². The Morgan fingerprint density at radius 1 is 0.970 bits per heavy atom. The second kappa shape index (κ2) is 9.41. The van der Waals surface area contributed by atoms with E-state index in [4.69, 9.17) is 4.74 Å². The van der Waals surface area contributed by atoms with Crippen molar-refractivity contribution in [3.8, 4) is 0 Å². The van der Waals surface area contributed by atoms with Crippen LogP contribution >= 0.6 is 0 Å². The van der Waals surface area contributed by atoms with E-state index < -0.39 is 30.5 Å². The summed E-state index contributed by atoms with van der Waals surface area (Å²) < 4.78 is 5.09. The minimum atomic E-state index is -0.771. The smallest absolute Gasteiger partial charge is 0.340 e. The van der Waals surface area contributed by atoms with Crippen molar-refractivity contribution in [2.24, 2.45) is 17.8 Å². The third kappa shape index (κ3) is 5.64.